The molecule has 0 aromatic heterocycles. The van der Waals surface area contributed by atoms with E-state index in [0.29, 0.717) is 12.8 Å². The highest BCUT2D eigenvalue weighted by Crippen LogP contribution is 2.44. The van der Waals surface area contributed by atoms with Crippen LogP contribution < -0.4 is 10.1 Å². The van der Waals surface area contributed by atoms with Gasteiger partial charge in [-0.25, -0.2) is 0 Å². The molecule has 1 aliphatic carbocycles. The van der Waals surface area contributed by atoms with Crippen molar-refractivity contribution in [3.63, 3.8) is 0 Å². The Kier molecular flexibility index (Phi) is 5.87. The number of halogens is 4. The van der Waals surface area contributed by atoms with E-state index in [2.05, 4.69) is 10.1 Å². The lowest BCUT2D eigenvalue weighted by molar-refractivity contribution is -0.157. The first kappa shape index (κ1) is 18.7. The highest BCUT2D eigenvalue weighted by atomic mass is 35.5. The van der Waals surface area contributed by atoms with Gasteiger partial charge in [-0.05, 0) is 25.0 Å². The first-order valence-electron chi connectivity index (χ1n) is 7.16. The largest absolute Gasteiger partial charge is 0.481 e. The average molecular weight is 382 g/mol. The number of carbonyl (C=O) groups excluding carboxylic acids is 1. The molecule has 2 N–H and O–H groups in total. The molecule has 1 amide bonds. The lowest BCUT2D eigenvalue weighted by Gasteiger charge is -2.36. The first-order chi connectivity index (χ1) is 11.2. The maximum atomic E-state index is 12.5. The van der Waals surface area contributed by atoms with Crippen molar-refractivity contribution in [2.24, 2.45) is 5.41 Å². The Labute approximate surface area is 146 Å². The summed E-state index contributed by atoms with van der Waals surface area (Å²) >= 11 is 11.7. The summed E-state index contributed by atoms with van der Waals surface area (Å²) < 4.78 is 29.3. The van der Waals surface area contributed by atoms with Crippen molar-refractivity contribution < 1.29 is 28.2 Å². The van der Waals surface area contributed by atoms with E-state index < -0.39 is 23.9 Å². The molecule has 0 saturated heterocycles. The van der Waals surface area contributed by atoms with E-state index in [4.69, 9.17) is 23.2 Å². The Bertz CT molecular complexity index is 651. The normalized spacial score (nSPS) is 15.7. The van der Waals surface area contributed by atoms with Crippen LogP contribution in [0.15, 0.2) is 12.1 Å². The van der Waals surface area contributed by atoms with Gasteiger partial charge in [0.15, 0.2) is 0 Å². The quantitative estimate of drug-likeness (QED) is 0.751. The molecule has 0 heterocycles. The topological polar surface area (TPSA) is 75.6 Å². The van der Waals surface area contributed by atoms with E-state index in [1.807, 2.05) is 0 Å². The van der Waals surface area contributed by atoms with Crippen LogP contribution in [0.1, 0.15) is 31.2 Å². The van der Waals surface area contributed by atoms with Crippen LogP contribution in [0.2, 0.25) is 10.0 Å². The standard InChI is InChI=1S/C15H15Cl2F2NO4/c16-9-4-8(12(10(17)5-9)24-14(18)19)7-20-11(21)6-15(13(22)23)2-1-3-15/h4-5,14H,1-3,6-7H2,(H,20,21)(H,22,23). The number of benzene rings is 1. The molecule has 0 atom stereocenters. The molecule has 0 unspecified atom stereocenters. The third kappa shape index (κ3) is 4.27. The molecule has 9 heteroatoms. The fourth-order valence-electron chi connectivity index (χ4n) is 2.60. The van der Waals surface area contributed by atoms with Crippen LogP contribution in [0.25, 0.3) is 0 Å². The van der Waals surface area contributed by atoms with E-state index in [9.17, 15) is 23.5 Å². The second kappa shape index (κ2) is 7.53. The Morgan fingerprint density at radius 2 is 2.00 bits per heavy atom. The van der Waals surface area contributed by atoms with Crippen molar-refractivity contribution in [3.8, 4) is 5.75 Å². The second-order valence-electron chi connectivity index (χ2n) is 5.65. The highest BCUT2D eigenvalue weighted by molar-refractivity contribution is 6.35. The number of nitrogens with one attached hydrogen (secondary N) is 1. The first-order valence-corrected chi connectivity index (χ1v) is 7.92. The van der Waals surface area contributed by atoms with Gasteiger partial charge in [0.1, 0.15) is 5.75 Å². The number of aliphatic carboxylic acids is 1. The molecule has 0 aliphatic heterocycles. The van der Waals surface area contributed by atoms with E-state index in [1.54, 1.807) is 0 Å². The molecule has 1 saturated carbocycles. The van der Waals surface area contributed by atoms with Crippen LogP contribution in [0.4, 0.5) is 8.78 Å². The maximum absolute atomic E-state index is 12.5. The number of carboxylic acid groups (broad SMARTS) is 1. The zero-order chi connectivity index (χ0) is 17.9. The molecule has 1 fully saturated rings. The number of amides is 1. The van der Waals surface area contributed by atoms with Crippen molar-refractivity contribution in [3.05, 3.63) is 27.7 Å². The number of carboxylic acids is 1. The molecule has 24 heavy (non-hydrogen) atoms. The van der Waals surface area contributed by atoms with E-state index in [-0.39, 0.29) is 34.3 Å². The Morgan fingerprint density at radius 3 is 2.50 bits per heavy atom. The minimum atomic E-state index is -3.08. The number of carbonyl (C=O) groups is 2. The molecule has 1 aliphatic rings. The summed E-state index contributed by atoms with van der Waals surface area (Å²) in [5.74, 6) is -1.76. The average Bonchev–Trinajstić information content (AvgIpc) is 2.43. The molecule has 1 aromatic carbocycles. The molecule has 0 bridgehead atoms. The minimum absolute atomic E-state index is 0.104. The monoisotopic (exact) mass is 381 g/mol. The van der Waals surface area contributed by atoms with Crippen molar-refractivity contribution in [2.75, 3.05) is 0 Å². The predicted molar refractivity (Wildman–Crippen MR) is 83.5 cm³/mol. The van der Waals surface area contributed by atoms with Gasteiger partial charge in [0, 0.05) is 23.6 Å². The fourth-order valence-corrected chi connectivity index (χ4v) is 3.18. The van der Waals surface area contributed by atoms with Gasteiger partial charge in [0.2, 0.25) is 5.91 Å². The molecule has 2 rings (SSSR count). The molecule has 5 nitrogen and oxygen atoms in total. The lowest BCUT2D eigenvalue weighted by Crippen LogP contribution is -2.42. The highest BCUT2D eigenvalue weighted by Gasteiger charge is 2.45. The van der Waals surface area contributed by atoms with Crippen LogP contribution in [0, 0.1) is 5.41 Å². The van der Waals surface area contributed by atoms with Gasteiger partial charge in [-0.1, -0.05) is 29.6 Å². The van der Waals surface area contributed by atoms with Crippen molar-refractivity contribution in [1.82, 2.24) is 5.32 Å². The third-order valence-corrected chi connectivity index (χ3v) is 4.53. The van der Waals surface area contributed by atoms with Crippen molar-refractivity contribution >= 4 is 35.1 Å². The van der Waals surface area contributed by atoms with Crippen LogP contribution >= 0.6 is 23.2 Å². The van der Waals surface area contributed by atoms with E-state index in [0.717, 1.165) is 6.42 Å². The number of hydrogen-bond acceptors (Lipinski definition) is 3. The smallest absolute Gasteiger partial charge is 0.387 e. The van der Waals surface area contributed by atoms with Crippen LogP contribution in [0.3, 0.4) is 0 Å². The van der Waals surface area contributed by atoms with E-state index in [1.165, 1.54) is 12.1 Å². The maximum Gasteiger partial charge on any atom is 0.387 e. The molecule has 132 valence electrons. The Balaban J connectivity index is 2.05. The number of rotatable bonds is 7. The Morgan fingerprint density at radius 1 is 1.33 bits per heavy atom. The summed E-state index contributed by atoms with van der Waals surface area (Å²) in [4.78, 5) is 23.3. The number of hydrogen-bond donors (Lipinski definition) is 2. The summed E-state index contributed by atoms with van der Waals surface area (Å²) in [7, 11) is 0. The summed E-state index contributed by atoms with van der Waals surface area (Å²) in [5.41, 5.74) is -0.850. The zero-order valence-corrected chi connectivity index (χ0v) is 14.0. The van der Waals surface area contributed by atoms with Gasteiger partial charge in [0.25, 0.3) is 0 Å². The lowest BCUT2D eigenvalue weighted by atomic mass is 9.66. The third-order valence-electron chi connectivity index (χ3n) is 4.03. The molecule has 0 radical (unpaired) electrons. The predicted octanol–water partition coefficient (Wildman–Crippen LogP) is 3.86. The fraction of sp³-hybridized carbons (Fsp3) is 0.467. The number of ether oxygens (including phenoxy) is 1. The van der Waals surface area contributed by atoms with Gasteiger partial charge in [-0.2, -0.15) is 8.78 Å². The summed E-state index contributed by atoms with van der Waals surface area (Å²) in [6.07, 6.45) is 1.48. The molecular formula is C15H15Cl2F2NO4. The van der Waals surface area contributed by atoms with E-state index >= 15 is 0 Å². The van der Waals surface area contributed by atoms with Crippen molar-refractivity contribution in [2.45, 2.75) is 38.8 Å². The van der Waals surface area contributed by atoms with Gasteiger partial charge < -0.3 is 15.2 Å². The molecular weight excluding hydrogens is 367 g/mol. The second-order valence-corrected chi connectivity index (χ2v) is 6.49. The van der Waals surface area contributed by atoms with Crippen LogP contribution in [-0.4, -0.2) is 23.6 Å². The van der Waals surface area contributed by atoms with Gasteiger partial charge in [-0.3, -0.25) is 9.59 Å². The van der Waals surface area contributed by atoms with Gasteiger partial charge >= 0.3 is 12.6 Å². The summed E-state index contributed by atoms with van der Waals surface area (Å²) in [6.45, 7) is -3.24. The van der Waals surface area contributed by atoms with Crippen LogP contribution in [0.5, 0.6) is 5.75 Å². The van der Waals surface area contributed by atoms with Crippen LogP contribution in [-0.2, 0) is 16.1 Å². The molecule has 1 aromatic rings. The Hall–Kier alpha value is -1.60. The number of alkyl halides is 2. The minimum Gasteiger partial charge on any atom is -0.481 e. The molecule has 0 spiro atoms. The van der Waals surface area contributed by atoms with Gasteiger partial charge in [0.05, 0.1) is 10.4 Å². The van der Waals surface area contributed by atoms with Crippen molar-refractivity contribution in [1.29, 1.82) is 0 Å². The zero-order valence-electron chi connectivity index (χ0n) is 12.5. The summed E-state index contributed by atoms with van der Waals surface area (Å²) in [6, 6.07) is 2.60. The van der Waals surface area contributed by atoms with Gasteiger partial charge in [-0.15, -0.1) is 0 Å². The SMILES string of the molecule is O=C(CC1(C(=O)O)CCC1)NCc1cc(Cl)cc(Cl)c1OC(F)F. The summed E-state index contributed by atoms with van der Waals surface area (Å²) in [5, 5.41) is 11.8.